The number of hydrogen-bond acceptors (Lipinski definition) is 0. The Balaban J connectivity index is 1.37. The largest absolute Gasteiger partial charge is 0.0625 e. The van der Waals surface area contributed by atoms with Crippen LogP contribution in [0.3, 0.4) is 0 Å². The van der Waals surface area contributed by atoms with E-state index >= 15 is 0 Å². The molecule has 0 aromatic heterocycles. The lowest BCUT2D eigenvalue weighted by Crippen LogP contribution is -2.48. The molecule has 6 rings (SSSR count). The van der Waals surface area contributed by atoms with Crippen molar-refractivity contribution < 1.29 is 0 Å². The van der Waals surface area contributed by atoms with E-state index in [-0.39, 0.29) is 0 Å². The van der Waals surface area contributed by atoms with Crippen molar-refractivity contribution >= 4 is 31.9 Å². The molecule has 3 spiro atoms. The molecule has 2 aromatic carbocycles. The van der Waals surface area contributed by atoms with E-state index < -0.39 is 0 Å². The lowest BCUT2D eigenvalue weighted by molar-refractivity contribution is -0.00952. The molecule has 0 aliphatic heterocycles. The Morgan fingerprint density at radius 3 is 1.44 bits per heavy atom. The molecule has 0 bridgehead atoms. The molecule has 0 amide bonds. The maximum absolute atomic E-state index is 3.89. The molecule has 39 heavy (non-hydrogen) atoms. The Morgan fingerprint density at radius 1 is 0.692 bits per heavy atom. The van der Waals surface area contributed by atoms with Crippen molar-refractivity contribution in [2.24, 2.45) is 39.9 Å². The second-order valence-electron chi connectivity index (χ2n) is 16.8. The predicted molar refractivity (Wildman–Crippen MR) is 174 cm³/mol. The minimum Gasteiger partial charge on any atom is -0.0625 e. The topological polar surface area (TPSA) is 0 Å². The van der Waals surface area contributed by atoms with E-state index in [9.17, 15) is 0 Å². The smallest absolute Gasteiger partial charge is 0.0178 e. The van der Waals surface area contributed by atoms with Gasteiger partial charge in [-0.2, -0.15) is 0 Å². The Kier molecular flexibility index (Phi) is 6.73. The zero-order chi connectivity index (χ0) is 28.2. The van der Waals surface area contributed by atoms with Crippen LogP contribution in [0.25, 0.3) is 11.1 Å². The van der Waals surface area contributed by atoms with Crippen molar-refractivity contribution in [2.75, 3.05) is 0 Å². The summed E-state index contributed by atoms with van der Waals surface area (Å²) < 4.78 is 2.51. The minimum absolute atomic E-state index is 0.364. The van der Waals surface area contributed by atoms with Gasteiger partial charge in [-0.1, -0.05) is 112 Å². The molecule has 2 aromatic rings. The fraction of sp³-hybridized carbons (Fsp3) is 0.676. The summed E-state index contributed by atoms with van der Waals surface area (Å²) in [5.41, 5.74) is 8.43. The first-order chi connectivity index (χ1) is 18.2. The average molecular weight is 655 g/mol. The van der Waals surface area contributed by atoms with Crippen molar-refractivity contribution in [2.45, 2.75) is 118 Å². The lowest BCUT2D eigenvalue weighted by atomic mass is 9.51. The zero-order valence-corrected chi connectivity index (χ0v) is 28.9. The first-order valence-electron chi connectivity index (χ1n) is 15.8. The lowest BCUT2D eigenvalue weighted by Gasteiger charge is -2.52. The van der Waals surface area contributed by atoms with E-state index in [0.717, 1.165) is 23.7 Å². The van der Waals surface area contributed by atoms with Crippen LogP contribution >= 0.6 is 31.9 Å². The molecule has 6 atom stereocenters. The van der Waals surface area contributed by atoms with Crippen molar-refractivity contribution in [1.82, 2.24) is 0 Å². The van der Waals surface area contributed by atoms with Crippen LogP contribution in [0.2, 0.25) is 0 Å². The molecule has 4 aliphatic carbocycles. The van der Waals surface area contributed by atoms with Gasteiger partial charge >= 0.3 is 0 Å². The predicted octanol–water partition coefficient (Wildman–Crippen LogP) is 12.1. The molecule has 3 saturated carbocycles. The molecule has 0 heterocycles. The summed E-state index contributed by atoms with van der Waals surface area (Å²) in [5, 5.41) is 0. The highest BCUT2D eigenvalue weighted by atomic mass is 79.9. The highest BCUT2D eigenvalue weighted by Crippen LogP contribution is 3.03. The molecule has 0 saturated heterocycles. The van der Waals surface area contributed by atoms with Gasteiger partial charge in [-0.3, -0.25) is 0 Å². The van der Waals surface area contributed by atoms with Gasteiger partial charge in [-0.15, -0.1) is 0 Å². The SMILES string of the molecule is CC(CCC1C[C@@]23c4cc(Br)ccc4-c4ccc(Br)cc4[C@]24CC(CCC(C)CC(C)(C)C)C134)CC(C)(C)C. The fourth-order valence-corrected chi connectivity index (χ4v) is 11.9. The normalized spacial score (nSPS) is 33.4. The van der Waals surface area contributed by atoms with Gasteiger partial charge in [-0.25, -0.2) is 0 Å². The molecule has 0 N–H and O–H groups in total. The summed E-state index contributed by atoms with van der Waals surface area (Å²) in [4.78, 5) is 0. The summed E-state index contributed by atoms with van der Waals surface area (Å²) in [7, 11) is 0. The summed E-state index contributed by atoms with van der Waals surface area (Å²) in [5.74, 6) is 3.35. The fourth-order valence-electron chi connectivity index (χ4n) is 11.2. The van der Waals surface area contributed by atoms with Gasteiger partial charge < -0.3 is 0 Å². The van der Waals surface area contributed by atoms with Crippen LogP contribution < -0.4 is 0 Å². The van der Waals surface area contributed by atoms with E-state index in [4.69, 9.17) is 0 Å². The van der Waals surface area contributed by atoms with Gasteiger partial charge in [-0.05, 0) is 125 Å². The highest BCUT2D eigenvalue weighted by molar-refractivity contribution is 9.10. The van der Waals surface area contributed by atoms with E-state index in [1.807, 2.05) is 0 Å². The van der Waals surface area contributed by atoms with Gasteiger partial charge in [0.15, 0.2) is 0 Å². The van der Waals surface area contributed by atoms with Gasteiger partial charge in [0.05, 0.1) is 0 Å². The number of rotatable bonds is 8. The Labute approximate surface area is 255 Å². The standard InChI is InChI=1S/C37H50Br2/c1-23(19-33(3,4)5)9-11-25-21-35-31-17-27(38)13-15-29(31)30-16-14-28(39)18-32(30)36(35)22-26(37(25,35)36)12-10-24(2)20-34(6,7)8/h13-18,23-26H,9-12,19-22H2,1-8H3/t23?,24?,25?,26?,35-,36-,37?/m1/s1. The summed E-state index contributed by atoms with van der Waals surface area (Å²) >= 11 is 7.78. The molecular weight excluding hydrogens is 604 g/mol. The molecule has 0 radical (unpaired) electrons. The molecule has 2 heteroatoms. The highest BCUT2D eigenvalue weighted by Gasteiger charge is 3.02. The van der Waals surface area contributed by atoms with Gasteiger partial charge in [0.1, 0.15) is 0 Å². The maximum atomic E-state index is 3.89. The Morgan fingerprint density at radius 2 is 1.08 bits per heavy atom. The van der Waals surface area contributed by atoms with Gasteiger partial charge in [0.25, 0.3) is 0 Å². The first-order valence-corrected chi connectivity index (χ1v) is 17.4. The molecular formula is C37H50Br2. The van der Waals surface area contributed by atoms with Gasteiger partial charge in [0, 0.05) is 19.8 Å². The number of benzene rings is 2. The number of halogens is 2. The first kappa shape index (κ1) is 28.5. The van der Waals surface area contributed by atoms with Crippen LogP contribution in [0.5, 0.6) is 0 Å². The third-order valence-corrected chi connectivity index (χ3v) is 12.6. The molecule has 4 unspecified atom stereocenters. The Bertz CT molecular complexity index is 1180. The molecule has 0 nitrogen and oxygen atoms in total. The zero-order valence-electron chi connectivity index (χ0n) is 25.7. The van der Waals surface area contributed by atoms with Crippen LogP contribution in [0.1, 0.15) is 118 Å². The quantitative estimate of drug-likeness (QED) is 0.266. The van der Waals surface area contributed by atoms with Crippen molar-refractivity contribution in [1.29, 1.82) is 0 Å². The third-order valence-electron chi connectivity index (χ3n) is 11.6. The van der Waals surface area contributed by atoms with E-state index in [1.54, 1.807) is 11.1 Å². The maximum Gasteiger partial charge on any atom is 0.0178 e. The van der Waals surface area contributed by atoms with Crippen molar-refractivity contribution in [3.8, 4) is 11.1 Å². The van der Waals surface area contributed by atoms with E-state index in [1.165, 1.54) is 71.4 Å². The third kappa shape index (κ3) is 3.99. The second-order valence-corrected chi connectivity index (χ2v) is 18.6. The average Bonchev–Trinajstić information content (AvgIpc) is 3.12. The van der Waals surface area contributed by atoms with Crippen LogP contribution in [0.4, 0.5) is 0 Å². The van der Waals surface area contributed by atoms with Crippen LogP contribution in [-0.4, -0.2) is 0 Å². The van der Waals surface area contributed by atoms with Crippen LogP contribution in [0.15, 0.2) is 45.3 Å². The van der Waals surface area contributed by atoms with Crippen LogP contribution in [0, 0.1) is 39.9 Å². The van der Waals surface area contributed by atoms with Crippen LogP contribution in [-0.2, 0) is 10.8 Å². The molecule has 3 fully saturated rings. The summed E-state index contributed by atoms with van der Waals surface area (Å²) in [6.45, 7) is 19.5. The second kappa shape index (κ2) is 9.20. The Hall–Kier alpha value is -0.600. The summed E-state index contributed by atoms with van der Waals surface area (Å²) in [6.07, 6.45) is 11.1. The van der Waals surface area contributed by atoms with Crippen molar-refractivity contribution in [3.05, 3.63) is 56.5 Å². The van der Waals surface area contributed by atoms with E-state index in [2.05, 4.69) is 124 Å². The molecule has 4 aliphatic rings. The van der Waals surface area contributed by atoms with E-state index in [0.29, 0.717) is 27.1 Å². The van der Waals surface area contributed by atoms with Crippen molar-refractivity contribution in [3.63, 3.8) is 0 Å². The number of hydrogen-bond donors (Lipinski definition) is 0. The summed E-state index contributed by atoms with van der Waals surface area (Å²) in [6, 6.07) is 14.4. The monoisotopic (exact) mass is 652 g/mol. The minimum atomic E-state index is 0.364. The number of fused-ring (bicyclic) bond motifs is 3. The molecule has 212 valence electrons. The van der Waals surface area contributed by atoms with Gasteiger partial charge in [0.2, 0.25) is 0 Å².